The van der Waals surface area contributed by atoms with Crippen molar-refractivity contribution in [1.82, 2.24) is 4.57 Å². The first-order valence-corrected chi connectivity index (χ1v) is 8.40. The van der Waals surface area contributed by atoms with Crippen LogP contribution in [0.4, 0.5) is 4.39 Å². The van der Waals surface area contributed by atoms with Gasteiger partial charge < -0.3 is 19.5 Å². The van der Waals surface area contributed by atoms with Gasteiger partial charge in [-0.2, -0.15) is 0 Å². The topological polar surface area (TPSA) is 71.7 Å². The van der Waals surface area contributed by atoms with Gasteiger partial charge in [-0.05, 0) is 37.3 Å². The Labute approximate surface area is 145 Å². The number of ether oxygens (including phenoxy) is 1. The molecule has 0 bridgehead atoms. The highest BCUT2D eigenvalue weighted by Crippen LogP contribution is 2.24. The zero-order chi connectivity index (χ0) is 18.0. The van der Waals surface area contributed by atoms with Gasteiger partial charge in [-0.1, -0.05) is 12.1 Å². The number of halogens is 1. The molecule has 1 aromatic carbocycles. The molecule has 2 aromatic rings. The van der Waals surface area contributed by atoms with E-state index in [9.17, 15) is 19.4 Å². The van der Waals surface area contributed by atoms with Crippen molar-refractivity contribution in [3.63, 3.8) is 0 Å². The number of aliphatic hydroxyl groups is 2. The van der Waals surface area contributed by atoms with E-state index in [1.54, 1.807) is 29.8 Å². The van der Waals surface area contributed by atoms with Crippen LogP contribution < -0.4 is 5.43 Å². The molecule has 5 nitrogen and oxygen atoms in total. The second kappa shape index (κ2) is 7.47. The van der Waals surface area contributed by atoms with Crippen molar-refractivity contribution >= 4 is 0 Å². The lowest BCUT2D eigenvalue weighted by atomic mass is 9.99. The molecule has 25 heavy (non-hydrogen) atoms. The number of nitrogens with zero attached hydrogens (tertiary/aromatic N) is 1. The van der Waals surface area contributed by atoms with E-state index in [0.29, 0.717) is 25.7 Å². The normalized spacial score (nSPS) is 15.7. The standard InChI is InChI=1S/C19H22FNO4/c1-12-2-3-14(17(20)8-12)15-10-21(9-13-4-6-25-7-5-13)11-16(18(15)22)19(23)24/h2-3,8,10-11,13,19,23-24H,4-7,9H2,1H3. The molecular formula is C19H22FNO4. The Morgan fingerprint density at radius 2 is 1.96 bits per heavy atom. The molecule has 0 spiro atoms. The summed E-state index contributed by atoms with van der Waals surface area (Å²) in [5.41, 5.74) is 0.335. The fourth-order valence-electron chi connectivity index (χ4n) is 3.20. The first kappa shape index (κ1) is 17.8. The lowest BCUT2D eigenvalue weighted by molar-refractivity contribution is -0.0437. The van der Waals surface area contributed by atoms with Gasteiger partial charge in [0.15, 0.2) is 11.7 Å². The molecule has 1 aliphatic rings. The minimum Gasteiger partial charge on any atom is -0.381 e. The molecule has 0 amide bonds. The van der Waals surface area contributed by atoms with E-state index in [0.717, 1.165) is 18.4 Å². The Hall–Kier alpha value is -2.02. The van der Waals surface area contributed by atoms with E-state index >= 15 is 0 Å². The smallest absolute Gasteiger partial charge is 0.197 e. The van der Waals surface area contributed by atoms with Crippen LogP contribution in [0.5, 0.6) is 0 Å². The highest BCUT2D eigenvalue weighted by molar-refractivity contribution is 5.64. The van der Waals surface area contributed by atoms with Crippen molar-refractivity contribution in [2.24, 2.45) is 5.92 Å². The van der Waals surface area contributed by atoms with Crippen molar-refractivity contribution in [3.8, 4) is 11.1 Å². The molecule has 1 aromatic heterocycles. The summed E-state index contributed by atoms with van der Waals surface area (Å²) in [6, 6.07) is 4.63. The van der Waals surface area contributed by atoms with E-state index in [-0.39, 0.29) is 16.7 Å². The molecule has 2 N–H and O–H groups in total. The number of aromatic nitrogens is 1. The number of benzene rings is 1. The molecule has 0 saturated carbocycles. The summed E-state index contributed by atoms with van der Waals surface area (Å²) >= 11 is 0. The Morgan fingerprint density at radius 3 is 2.60 bits per heavy atom. The van der Waals surface area contributed by atoms with E-state index in [2.05, 4.69) is 0 Å². The largest absolute Gasteiger partial charge is 0.381 e. The van der Waals surface area contributed by atoms with Gasteiger partial charge >= 0.3 is 0 Å². The SMILES string of the molecule is Cc1ccc(-c2cn(CC3CCOCC3)cc(C(O)O)c2=O)c(F)c1. The maximum absolute atomic E-state index is 14.3. The quantitative estimate of drug-likeness (QED) is 0.833. The third-order valence-corrected chi connectivity index (χ3v) is 4.61. The third-order valence-electron chi connectivity index (χ3n) is 4.61. The molecule has 0 radical (unpaired) electrons. The number of pyridine rings is 1. The number of hydrogen-bond donors (Lipinski definition) is 2. The number of aryl methyl sites for hydroxylation is 1. The van der Waals surface area contributed by atoms with Crippen molar-refractivity contribution in [1.29, 1.82) is 0 Å². The summed E-state index contributed by atoms with van der Waals surface area (Å²) in [6.07, 6.45) is 2.94. The van der Waals surface area contributed by atoms with Crippen molar-refractivity contribution < 1.29 is 19.3 Å². The van der Waals surface area contributed by atoms with Crippen LogP contribution in [0, 0.1) is 18.7 Å². The maximum Gasteiger partial charge on any atom is 0.197 e. The predicted molar refractivity (Wildman–Crippen MR) is 91.6 cm³/mol. The summed E-state index contributed by atoms with van der Waals surface area (Å²) in [5, 5.41) is 19.1. The maximum atomic E-state index is 14.3. The van der Waals surface area contributed by atoms with Crippen LogP contribution in [0.25, 0.3) is 11.1 Å². The number of hydrogen-bond acceptors (Lipinski definition) is 4. The van der Waals surface area contributed by atoms with Gasteiger partial charge in [0.2, 0.25) is 0 Å². The van der Waals surface area contributed by atoms with Gasteiger partial charge in [0.25, 0.3) is 0 Å². The number of rotatable bonds is 4. The summed E-state index contributed by atoms with van der Waals surface area (Å²) in [5.74, 6) is -0.130. The second-order valence-electron chi connectivity index (χ2n) is 6.57. The van der Waals surface area contributed by atoms with Gasteiger partial charge in [-0.3, -0.25) is 4.79 Å². The second-order valence-corrected chi connectivity index (χ2v) is 6.57. The minimum atomic E-state index is -1.90. The Kier molecular flexibility index (Phi) is 5.32. The average molecular weight is 347 g/mol. The van der Waals surface area contributed by atoms with E-state index in [1.165, 1.54) is 12.3 Å². The molecule has 1 fully saturated rings. The van der Waals surface area contributed by atoms with Crippen LogP contribution in [0.15, 0.2) is 35.4 Å². The zero-order valence-corrected chi connectivity index (χ0v) is 14.1. The van der Waals surface area contributed by atoms with Crippen LogP contribution in [-0.4, -0.2) is 28.0 Å². The summed E-state index contributed by atoms with van der Waals surface area (Å²) in [7, 11) is 0. The van der Waals surface area contributed by atoms with Crippen molar-refractivity contribution in [2.75, 3.05) is 13.2 Å². The van der Waals surface area contributed by atoms with Gasteiger partial charge in [0.05, 0.1) is 5.56 Å². The molecule has 1 aliphatic heterocycles. The first-order chi connectivity index (χ1) is 12.0. The van der Waals surface area contributed by atoms with E-state index in [1.807, 2.05) is 0 Å². The molecule has 134 valence electrons. The highest BCUT2D eigenvalue weighted by atomic mass is 19.1. The molecule has 0 unspecified atom stereocenters. The van der Waals surface area contributed by atoms with Crippen molar-refractivity contribution in [2.45, 2.75) is 32.6 Å². The van der Waals surface area contributed by atoms with Crippen LogP contribution in [0.3, 0.4) is 0 Å². The average Bonchev–Trinajstić information content (AvgIpc) is 2.57. The van der Waals surface area contributed by atoms with Crippen LogP contribution in [-0.2, 0) is 11.3 Å². The van der Waals surface area contributed by atoms with E-state index < -0.39 is 17.5 Å². The molecule has 0 atom stereocenters. The first-order valence-electron chi connectivity index (χ1n) is 8.40. The zero-order valence-electron chi connectivity index (χ0n) is 14.1. The highest BCUT2D eigenvalue weighted by Gasteiger charge is 2.19. The fourth-order valence-corrected chi connectivity index (χ4v) is 3.20. The summed E-state index contributed by atoms with van der Waals surface area (Å²) in [6.45, 7) is 3.77. The van der Waals surface area contributed by atoms with Gasteiger partial charge in [0, 0.05) is 43.3 Å². The monoisotopic (exact) mass is 347 g/mol. The minimum absolute atomic E-state index is 0.134. The molecule has 6 heteroatoms. The number of aliphatic hydroxyl groups excluding tert-OH is 1. The lowest BCUT2D eigenvalue weighted by Crippen LogP contribution is -2.24. The van der Waals surface area contributed by atoms with Crippen LogP contribution in [0.2, 0.25) is 0 Å². The summed E-state index contributed by atoms with van der Waals surface area (Å²) < 4.78 is 21.4. The van der Waals surface area contributed by atoms with Gasteiger partial charge in [-0.15, -0.1) is 0 Å². The van der Waals surface area contributed by atoms with Crippen LogP contribution >= 0.6 is 0 Å². The van der Waals surface area contributed by atoms with E-state index in [4.69, 9.17) is 4.74 Å². The molecule has 0 aliphatic carbocycles. The molecule has 2 heterocycles. The van der Waals surface area contributed by atoms with Gasteiger partial charge in [0.1, 0.15) is 5.82 Å². The molecule has 1 saturated heterocycles. The lowest BCUT2D eigenvalue weighted by Gasteiger charge is -2.24. The Morgan fingerprint density at radius 1 is 1.24 bits per heavy atom. The third kappa shape index (κ3) is 3.98. The van der Waals surface area contributed by atoms with Crippen molar-refractivity contribution in [3.05, 3.63) is 57.8 Å². The fraction of sp³-hybridized carbons (Fsp3) is 0.421. The predicted octanol–water partition coefficient (Wildman–Crippen LogP) is 2.37. The Balaban J connectivity index is 2.05. The molecular weight excluding hydrogens is 325 g/mol. The van der Waals surface area contributed by atoms with Gasteiger partial charge in [-0.25, -0.2) is 4.39 Å². The Bertz CT molecular complexity index is 810. The van der Waals surface area contributed by atoms with Crippen LogP contribution in [0.1, 0.15) is 30.3 Å². The molecule has 3 rings (SSSR count). The summed E-state index contributed by atoms with van der Waals surface area (Å²) in [4.78, 5) is 12.6.